The van der Waals surface area contributed by atoms with Gasteiger partial charge in [-0.1, -0.05) is 6.92 Å². The van der Waals surface area contributed by atoms with Crippen LogP contribution < -0.4 is 5.32 Å². The van der Waals surface area contributed by atoms with E-state index in [0.717, 1.165) is 12.3 Å². The highest BCUT2D eigenvalue weighted by Crippen LogP contribution is 2.20. The lowest BCUT2D eigenvalue weighted by Crippen LogP contribution is -2.23. The quantitative estimate of drug-likeness (QED) is 0.508. The zero-order chi connectivity index (χ0) is 13.7. The lowest BCUT2D eigenvalue weighted by Gasteiger charge is -2.14. The normalized spacial score (nSPS) is 11.9. The smallest absolute Gasteiger partial charge is 0.342 e. The number of pyridine rings is 1. The van der Waals surface area contributed by atoms with Gasteiger partial charge in [-0.3, -0.25) is 10.1 Å². The maximum atomic E-state index is 10.9. The Balaban J connectivity index is 3.07. The molecule has 1 aromatic rings. The summed E-state index contributed by atoms with van der Waals surface area (Å²) in [6, 6.07) is 0.805. The van der Waals surface area contributed by atoms with Gasteiger partial charge in [0.2, 0.25) is 0 Å². The van der Waals surface area contributed by atoms with E-state index in [0.29, 0.717) is 6.42 Å². The lowest BCUT2D eigenvalue weighted by atomic mass is 10.2. The summed E-state index contributed by atoms with van der Waals surface area (Å²) < 4.78 is 0. The number of hydrogen-bond acceptors (Lipinski definition) is 6. The maximum Gasteiger partial charge on any atom is 0.342 e. The van der Waals surface area contributed by atoms with Gasteiger partial charge in [0.05, 0.1) is 17.6 Å². The van der Waals surface area contributed by atoms with E-state index in [-0.39, 0.29) is 18.5 Å². The summed E-state index contributed by atoms with van der Waals surface area (Å²) in [6.07, 6.45) is 1.49. The second-order valence-corrected chi connectivity index (χ2v) is 3.58. The number of aromatic carboxylic acids is 1. The first kappa shape index (κ1) is 13.8. The predicted octanol–water partition coefficient (Wildman–Crippen LogP) is 0.871. The molecule has 0 spiro atoms. The van der Waals surface area contributed by atoms with Crippen molar-refractivity contribution in [1.29, 1.82) is 0 Å². The second-order valence-electron chi connectivity index (χ2n) is 3.58. The summed E-state index contributed by atoms with van der Waals surface area (Å²) in [6.45, 7) is 1.69. The number of aliphatic hydroxyl groups is 1. The van der Waals surface area contributed by atoms with Gasteiger partial charge in [0.1, 0.15) is 17.6 Å². The molecular formula is C10H13N3O5. The number of nitrogens with zero attached hydrogens (tertiary/aromatic N) is 2. The first-order valence-electron chi connectivity index (χ1n) is 5.24. The Morgan fingerprint density at radius 3 is 2.78 bits per heavy atom. The van der Waals surface area contributed by atoms with Gasteiger partial charge in [-0.2, -0.15) is 0 Å². The Hall–Kier alpha value is -2.22. The molecular weight excluding hydrogens is 242 g/mol. The molecule has 0 aliphatic rings. The monoisotopic (exact) mass is 255 g/mol. The minimum absolute atomic E-state index is 0.141. The number of nitro groups is 1. The van der Waals surface area contributed by atoms with Gasteiger partial charge in [-0.05, 0) is 6.42 Å². The largest absolute Gasteiger partial charge is 0.477 e. The average molecular weight is 255 g/mol. The molecule has 1 atom stereocenters. The third-order valence-corrected chi connectivity index (χ3v) is 2.38. The highest BCUT2D eigenvalue weighted by Gasteiger charge is 2.21. The van der Waals surface area contributed by atoms with Crippen LogP contribution >= 0.6 is 0 Å². The van der Waals surface area contributed by atoms with E-state index in [1.165, 1.54) is 0 Å². The van der Waals surface area contributed by atoms with Crippen LogP contribution in [0.2, 0.25) is 0 Å². The Labute approximate surface area is 102 Å². The van der Waals surface area contributed by atoms with Crippen LogP contribution in [-0.2, 0) is 0 Å². The van der Waals surface area contributed by atoms with Crippen LogP contribution in [0.5, 0.6) is 0 Å². The standard InChI is InChI=1S/C10H13N3O5/c1-2-6(5-14)12-9-3-7(10(15)16)8(4-11-9)13(17)18/h3-4,6,14H,2,5H2,1H3,(H,11,12)(H,15,16). The fraction of sp³-hybridized carbons (Fsp3) is 0.400. The average Bonchev–Trinajstić information content (AvgIpc) is 2.35. The molecule has 98 valence electrons. The van der Waals surface area contributed by atoms with Crippen molar-refractivity contribution in [1.82, 2.24) is 4.98 Å². The fourth-order valence-electron chi connectivity index (χ4n) is 1.33. The molecule has 0 aliphatic heterocycles. The SMILES string of the molecule is CCC(CO)Nc1cc(C(=O)O)c([N+](=O)[O-])cn1. The minimum Gasteiger partial charge on any atom is -0.477 e. The minimum atomic E-state index is -1.40. The molecule has 0 radical (unpaired) electrons. The molecule has 0 saturated carbocycles. The molecule has 0 aromatic carbocycles. The van der Waals surface area contributed by atoms with Crippen molar-refractivity contribution in [3.8, 4) is 0 Å². The molecule has 0 amide bonds. The number of hydrogen-bond donors (Lipinski definition) is 3. The van der Waals surface area contributed by atoms with Gasteiger partial charge < -0.3 is 15.5 Å². The number of carbonyl (C=O) groups is 1. The number of rotatable bonds is 6. The lowest BCUT2D eigenvalue weighted by molar-refractivity contribution is -0.385. The van der Waals surface area contributed by atoms with Crippen LogP contribution in [0, 0.1) is 10.1 Å². The van der Waals surface area contributed by atoms with Crippen LogP contribution in [0.1, 0.15) is 23.7 Å². The third-order valence-electron chi connectivity index (χ3n) is 2.38. The van der Waals surface area contributed by atoms with Crippen molar-refractivity contribution in [2.75, 3.05) is 11.9 Å². The topological polar surface area (TPSA) is 126 Å². The zero-order valence-electron chi connectivity index (χ0n) is 9.66. The molecule has 1 heterocycles. The summed E-state index contributed by atoms with van der Waals surface area (Å²) in [5.74, 6) is -1.22. The number of anilines is 1. The van der Waals surface area contributed by atoms with Gasteiger partial charge in [-0.25, -0.2) is 9.78 Å². The first-order chi connectivity index (χ1) is 8.49. The Morgan fingerprint density at radius 2 is 2.33 bits per heavy atom. The summed E-state index contributed by atoms with van der Waals surface area (Å²) in [5.41, 5.74) is -1.00. The molecule has 0 fully saturated rings. The molecule has 18 heavy (non-hydrogen) atoms. The van der Waals surface area contributed by atoms with Gasteiger partial charge in [0.25, 0.3) is 0 Å². The zero-order valence-corrected chi connectivity index (χ0v) is 9.66. The van der Waals surface area contributed by atoms with Crippen LogP contribution in [-0.4, -0.2) is 38.7 Å². The molecule has 0 saturated heterocycles. The number of carboxylic acids is 1. The molecule has 8 nitrogen and oxygen atoms in total. The fourth-order valence-corrected chi connectivity index (χ4v) is 1.33. The highest BCUT2D eigenvalue weighted by molar-refractivity contribution is 5.93. The summed E-state index contributed by atoms with van der Waals surface area (Å²) >= 11 is 0. The number of aliphatic hydroxyl groups excluding tert-OH is 1. The Kier molecular flexibility index (Phi) is 4.55. The van der Waals surface area contributed by atoms with E-state index in [9.17, 15) is 14.9 Å². The van der Waals surface area contributed by atoms with E-state index in [1.807, 2.05) is 6.92 Å². The molecule has 1 rings (SSSR count). The van der Waals surface area contributed by atoms with Gasteiger partial charge in [-0.15, -0.1) is 0 Å². The molecule has 0 bridgehead atoms. The number of nitrogens with one attached hydrogen (secondary N) is 1. The van der Waals surface area contributed by atoms with E-state index in [4.69, 9.17) is 10.2 Å². The van der Waals surface area contributed by atoms with Crippen LogP contribution in [0.3, 0.4) is 0 Å². The van der Waals surface area contributed by atoms with Crippen molar-refractivity contribution in [2.45, 2.75) is 19.4 Å². The van der Waals surface area contributed by atoms with E-state index >= 15 is 0 Å². The van der Waals surface area contributed by atoms with Crippen molar-refractivity contribution < 1.29 is 19.9 Å². The highest BCUT2D eigenvalue weighted by atomic mass is 16.6. The van der Waals surface area contributed by atoms with E-state index in [1.54, 1.807) is 0 Å². The number of aromatic nitrogens is 1. The molecule has 1 aromatic heterocycles. The third kappa shape index (κ3) is 3.14. The molecule has 0 aliphatic carbocycles. The predicted molar refractivity (Wildman–Crippen MR) is 62.6 cm³/mol. The second kappa shape index (κ2) is 5.92. The van der Waals surface area contributed by atoms with Gasteiger partial charge >= 0.3 is 11.7 Å². The summed E-state index contributed by atoms with van der Waals surface area (Å²) in [5, 5.41) is 31.3. The van der Waals surface area contributed by atoms with Crippen molar-refractivity contribution in [3.63, 3.8) is 0 Å². The summed E-state index contributed by atoms with van der Waals surface area (Å²) in [7, 11) is 0. The van der Waals surface area contributed by atoms with E-state index < -0.39 is 22.1 Å². The summed E-state index contributed by atoms with van der Waals surface area (Å²) in [4.78, 5) is 24.5. The van der Waals surface area contributed by atoms with Crippen molar-refractivity contribution in [2.24, 2.45) is 0 Å². The van der Waals surface area contributed by atoms with Crippen molar-refractivity contribution in [3.05, 3.63) is 27.9 Å². The van der Waals surface area contributed by atoms with Crippen LogP contribution in [0.15, 0.2) is 12.3 Å². The van der Waals surface area contributed by atoms with Gasteiger partial charge in [0.15, 0.2) is 0 Å². The van der Waals surface area contributed by atoms with Crippen molar-refractivity contribution >= 4 is 17.5 Å². The molecule has 8 heteroatoms. The Morgan fingerprint density at radius 1 is 1.67 bits per heavy atom. The van der Waals surface area contributed by atoms with Crippen LogP contribution in [0.4, 0.5) is 11.5 Å². The maximum absolute atomic E-state index is 10.9. The number of carboxylic acid groups (broad SMARTS) is 1. The van der Waals surface area contributed by atoms with E-state index in [2.05, 4.69) is 10.3 Å². The molecule has 1 unspecified atom stereocenters. The van der Waals surface area contributed by atoms with Gasteiger partial charge in [0, 0.05) is 6.07 Å². The first-order valence-corrected chi connectivity index (χ1v) is 5.24. The molecule has 3 N–H and O–H groups in total. The Bertz CT molecular complexity index is 459. The van der Waals surface area contributed by atoms with Crippen LogP contribution in [0.25, 0.3) is 0 Å².